The fourth-order valence-electron chi connectivity index (χ4n) is 3.49. The Labute approximate surface area is 185 Å². The third-order valence-electron chi connectivity index (χ3n) is 4.84. The molecule has 28 heavy (non-hydrogen) atoms. The summed E-state index contributed by atoms with van der Waals surface area (Å²) < 4.78 is 1.88. The fraction of sp³-hybridized carbons (Fsp3) is 0.550. The van der Waals surface area contributed by atoms with E-state index in [1.54, 1.807) is 0 Å². The molecule has 3 heterocycles. The van der Waals surface area contributed by atoms with Gasteiger partial charge in [-0.25, -0.2) is 9.98 Å². The molecule has 7 nitrogen and oxygen atoms in total. The summed E-state index contributed by atoms with van der Waals surface area (Å²) in [4.78, 5) is 13.9. The van der Waals surface area contributed by atoms with Gasteiger partial charge in [-0.1, -0.05) is 6.07 Å². The van der Waals surface area contributed by atoms with Crippen molar-refractivity contribution in [3.8, 4) is 0 Å². The Balaban J connectivity index is 0.00000280. The first-order valence-electron chi connectivity index (χ1n) is 9.69. The largest absolute Gasteiger partial charge is 0.363 e. The Bertz CT molecular complexity index is 771. The zero-order valence-electron chi connectivity index (χ0n) is 17.3. The maximum atomic E-state index is 4.85. The molecule has 1 N–H and O–H groups in total. The van der Waals surface area contributed by atoms with Crippen molar-refractivity contribution in [2.45, 2.75) is 26.3 Å². The van der Waals surface area contributed by atoms with Crippen molar-refractivity contribution in [2.24, 2.45) is 18.0 Å². The van der Waals surface area contributed by atoms with Crippen molar-refractivity contribution in [1.29, 1.82) is 0 Å². The average molecular weight is 497 g/mol. The van der Waals surface area contributed by atoms with Gasteiger partial charge in [0.05, 0.1) is 18.4 Å². The molecule has 0 aromatic carbocycles. The molecule has 0 aliphatic carbocycles. The van der Waals surface area contributed by atoms with Crippen LogP contribution in [-0.2, 0) is 20.0 Å². The highest BCUT2D eigenvalue weighted by atomic mass is 127. The number of rotatable bonds is 6. The minimum absolute atomic E-state index is 0. The second-order valence-electron chi connectivity index (χ2n) is 7.38. The zero-order chi connectivity index (χ0) is 19.2. The number of nitrogens with zero attached hydrogens (tertiary/aromatic N) is 6. The van der Waals surface area contributed by atoms with Gasteiger partial charge >= 0.3 is 0 Å². The van der Waals surface area contributed by atoms with E-state index in [9.17, 15) is 0 Å². The third-order valence-corrected chi connectivity index (χ3v) is 4.84. The monoisotopic (exact) mass is 497 g/mol. The topological polar surface area (TPSA) is 61.6 Å². The van der Waals surface area contributed by atoms with Gasteiger partial charge < -0.3 is 15.1 Å². The van der Waals surface area contributed by atoms with Crippen LogP contribution in [0.5, 0.6) is 0 Å². The van der Waals surface area contributed by atoms with Crippen molar-refractivity contribution < 1.29 is 0 Å². The molecule has 2 aromatic rings. The van der Waals surface area contributed by atoms with Gasteiger partial charge in [0.2, 0.25) is 0 Å². The molecule has 0 amide bonds. The number of likely N-dealkylation sites (tertiary alicyclic amines) is 1. The van der Waals surface area contributed by atoms with Gasteiger partial charge in [-0.05, 0) is 43.4 Å². The van der Waals surface area contributed by atoms with Crippen molar-refractivity contribution in [3.63, 3.8) is 0 Å². The molecule has 8 heteroatoms. The summed E-state index contributed by atoms with van der Waals surface area (Å²) in [6.07, 6.45) is 6.36. The molecule has 1 aliphatic rings. The van der Waals surface area contributed by atoms with Gasteiger partial charge in [0.1, 0.15) is 5.82 Å². The molecule has 1 unspecified atom stereocenters. The van der Waals surface area contributed by atoms with Gasteiger partial charge in [-0.15, -0.1) is 24.0 Å². The lowest BCUT2D eigenvalue weighted by molar-refractivity contribution is 0.459. The normalized spacial score (nSPS) is 16.8. The van der Waals surface area contributed by atoms with E-state index in [0.717, 1.165) is 43.5 Å². The Morgan fingerprint density at radius 2 is 2.18 bits per heavy atom. The molecule has 1 saturated heterocycles. The molecule has 1 fully saturated rings. The van der Waals surface area contributed by atoms with Crippen molar-refractivity contribution in [2.75, 3.05) is 38.6 Å². The lowest BCUT2D eigenvalue weighted by Gasteiger charge is -2.21. The first-order valence-corrected chi connectivity index (χ1v) is 9.69. The van der Waals surface area contributed by atoms with Crippen LogP contribution in [0, 0.1) is 5.92 Å². The SMILES string of the molecule is CCNC(=NCc1cccc(N(C)C)n1)N1CCC(Cc2cnn(C)c2)C1.I. The van der Waals surface area contributed by atoms with E-state index in [1.165, 1.54) is 12.0 Å². The van der Waals surface area contributed by atoms with Crippen molar-refractivity contribution in [3.05, 3.63) is 41.9 Å². The van der Waals surface area contributed by atoms with Crippen molar-refractivity contribution >= 4 is 35.8 Å². The maximum absolute atomic E-state index is 4.85. The van der Waals surface area contributed by atoms with Gasteiger partial charge in [0, 0.05) is 47.0 Å². The summed E-state index contributed by atoms with van der Waals surface area (Å²) in [6.45, 7) is 5.65. The number of halogens is 1. The average Bonchev–Trinajstić information content (AvgIpc) is 3.28. The van der Waals surface area contributed by atoms with Crippen LogP contribution in [0.3, 0.4) is 0 Å². The van der Waals surface area contributed by atoms with E-state index in [2.05, 4.69) is 33.4 Å². The zero-order valence-corrected chi connectivity index (χ0v) is 19.6. The maximum Gasteiger partial charge on any atom is 0.194 e. The number of hydrogen-bond acceptors (Lipinski definition) is 4. The summed E-state index contributed by atoms with van der Waals surface area (Å²) >= 11 is 0. The summed E-state index contributed by atoms with van der Waals surface area (Å²) in [6, 6.07) is 6.09. The summed E-state index contributed by atoms with van der Waals surface area (Å²) in [7, 11) is 5.98. The molecule has 0 bridgehead atoms. The van der Waals surface area contributed by atoms with Crippen LogP contribution < -0.4 is 10.2 Å². The smallest absolute Gasteiger partial charge is 0.194 e. The minimum atomic E-state index is 0. The predicted octanol–water partition coefficient (Wildman–Crippen LogP) is 2.53. The first-order chi connectivity index (χ1) is 13.0. The molecule has 3 rings (SSSR count). The molecule has 154 valence electrons. The molecule has 2 aromatic heterocycles. The van der Waals surface area contributed by atoms with Crippen LogP contribution in [0.15, 0.2) is 35.6 Å². The Kier molecular flexibility index (Phi) is 8.53. The highest BCUT2D eigenvalue weighted by Crippen LogP contribution is 2.21. The van der Waals surface area contributed by atoms with E-state index in [1.807, 2.05) is 55.1 Å². The Morgan fingerprint density at radius 3 is 2.86 bits per heavy atom. The molecule has 0 spiro atoms. The number of guanidine groups is 1. The molecular weight excluding hydrogens is 465 g/mol. The van der Waals surface area contributed by atoms with Crippen LogP contribution in [0.4, 0.5) is 5.82 Å². The Morgan fingerprint density at radius 1 is 1.36 bits per heavy atom. The number of nitrogens with one attached hydrogen (secondary N) is 1. The van der Waals surface area contributed by atoms with Gasteiger partial charge in [0.25, 0.3) is 0 Å². The van der Waals surface area contributed by atoms with Crippen LogP contribution in [-0.4, -0.2) is 59.4 Å². The first kappa shape index (κ1) is 22.4. The molecule has 1 atom stereocenters. The highest BCUT2D eigenvalue weighted by Gasteiger charge is 2.25. The minimum Gasteiger partial charge on any atom is -0.363 e. The van der Waals surface area contributed by atoms with E-state index in [4.69, 9.17) is 4.99 Å². The molecule has 0 radical (unpaired) electrons. The molecular formula is C20H32IN7. The van der Waals surface area contributed by atoms with Gasteiger partial charge in [-0.2, -0.15) is 5.10 Å². The van der Waals surface area contributed by atoms with Crippen LogP contribution >= 0.6 is 24.0 Å². The number of pyridine rings is 1. The number of aliphatic imine (C=N–C) groups is 1. The standard InChI is InChI=1S/C20H31N7.HI/c1-5-21-20(22-13-18-7-6-8-19(24-18)25(2)3)27-10-9-16(15-27)11-17-12-23-26(4)14-17;/h6-8,12,14,16H,5,9-11,13,15H2,1-4H3,(H,21,22);1H. The summed E-state index contributed by atoms with van der Waals surface area (Å²) in [5.41, 5.74) is 2.30. The number of aromatic nitrogens is 3. The third kappa shape index (κ3) is 6.08. The van der Waals surface area contributed by atoms with Gasteiger partial charge in [-0.3, -0.25) is 4.68 Å². The van der Waals surface area contributed by atoms with Crippen molar-refractivity contribution in [1.82, 2.24) is 25.0 Å². The quantitative estimate of drug-likeness (QED) is 0.378. The van der Waals surface area contributed by atoms with Crippen LogP contribution in [0.2, 0.25) is 0 Å². The van der Waals surface area contributed by atoms with E-state index >= 15 is 0 Å². The van der Waals surface area contributed by atoms with Gasteiger partial charge in [0.15, 0.2) is 5.96 Å². The predicted molar refractivity (Wildman–Crippen MR) is 125 cm³/mol. The summed E-state index contributed by atoms with van der Waals surface area (Å²) in [5.74, 6) is 2.60. The van der Waals surface area contributed by atoms with Crippen LogP contribution in [0.1, 0.15) is 24.6 Å². The summed E-state index contributed by atoms with van der Waals surface area (Å²) in [5, 5.41) is 7.72. The van der Waals surface area contributed by atoms with Crippen LogP contribution in [0.25, 0.3) is 0 Å². The lowest BCUT2D eigenvalue weighted by Crippen LogP contribution is -2.40. The van der Waals surface area contributed by atoms with E-state index < -0.39 is 0 Å². The molecule has 1 aliphatic heterocycles. The highest BCUT2D eigenvalue weighted by molar-refractivity contribution is 14.0. The second kappa shape index (κ2) is 10.6. The number of aryl methyl sites for hydroxylation is 1. The fourth-order valence-corrected chi connectivity index (χ4v) is 3.49. The lowest BCUT2D eigenvalue weighted by atomic mass is 10.0. The van der Waals surface area contributed by atoms with E-state index in [-0.39, 0.29) is 24.0 Å². The second-order valence-corrected chi connectivity index (χ2v) is 7.38. The number of anilines is 1. The van der Waals surface area contributed by atoms with E-state index in [0.29, 0.717) is 12.5 Å². The molecule has 0 saturated carbocycles. The Hall–Kier alpha value is -1.84. The number of hydrogen-bond donors (Lipinski definition) is 1.